The Hall–Kier alpha value is -3.69. The van der Waals surface area contributed by atoms with Crippen LogP contribution in [0.4, 0.5) is 0 Å². The molecule has 1 saturated carbocycles. The lowest BCUT2D eigenvalue weighted by molar-refractivity contribution is -0.186. The van der Waals surface area contributed by atoms with Crippen LogP contribution in [-0.2, 0) is 26.2 Å². The molecule has 0 radical (unpaired) electrons. The Morgan fingerprint density at radius 3 is 2.72 bits per heavy atom. The number of rotatable bonds is 10. The number of fused-ring (bicyclic) bond motifs is 6. The molecule has 1 aromatic carbocycles. The largest absolute Gasteiger partial charge is 0.481 e. The van der Waals surface area contributed by atoms with Gasteiger partial charge in [0.25, 0.3) is 0 Å². The van der Waals surface area contributed by atoms with Gasteiger partial charge in [0.15, 0.2) is 11.2 Å². The van der Waals surface area contributed by atoms with Crippen LogP contribution in [0.25, 0.3) is 11.0 Å². The molecule has 61 heavy (non-hydrogen) atoms. The molecule has 1 aromatic heterocycles. The number of allylic oxidation sites excluding steroid dienone is 2. The van der Waals surface area contributed by atoms with Crippen molar-refractivity contribution in [1.29, 1.82) is 0 Å². The third-order valence-corrected chi connectivity index (χ3v) is 17.2. The summed E-state index contributed by atoms with van der Waals surface area (Å²) in [6.45, 7) is 7.45. The van der Waals surface area contributed by atoms with Gasteiger partial charge in [-0.2, -0.15) is 0 Å². The first-order chi connectivity index (χ1) is 29.4. The summed E-state index contributed by atoms with van der Waals surface area (Å²) >= 11 is 0. The van der Waals surface area contributed by atoms with E-state index < -0.39 is 34.1 Å². The van der Waals surface area contributed by atoms with Crippen molar-refractivity contribution in [2.24, 2.45) is 23.5 Å². The van der Waals surface area contributed by atoms with E-state index in [4.69, 9.17) is 19.6 Å². The van der Waals surface area contributed by atoms with E-state index in [1.165, 1.54) is 0 Å². The van der Waals surface area contributed by atoms with Gasteiger partial charge in [-0.25, -0.2) is 9.59 Å². The normalized spacial score (nSPS) is 29.3. The summed E-state index contributed by atoms with van der Waals surface area (Å²) < 4.78 is 20.2. The van der Waals surface area contributed by atoms with Crippen LogP contribution in [0.15, 0.2) is 73.8 Å². The molecule has 6 unspecified atom stereocenters. The van der Waals surface area contributed by atoms with Gasteiger partial charge in [-0.15, -0.1) is 0 Å². The van der Waals surface area contributed by atoms with Crippen LogP contribution >= 0.6 is 21.6 Å². The van der Waals surface area contributed by atoms with Crippen LogP contribution in [0.1, 0.15) is 89.7 Å². The Morgan fingerprint density at radius 1 is 1.18 bits per heavy atom. The number of aliphatic hydroxyl groups is 2. The quantitative estimate of drug-likeness (QED) is 0.0638. The van der Waals surface area contributed by atoms with Gasteiger partial charge >= 0.3 is 11.6 Å². The molecule has 5 heterocycles. The number of nitrogens with zero attached hydrogens (tertiary/aromatic N) is 1. The maximum absolute atomic E-state index is 14.2. The Morgan fingerprint density at radius 2 is 1.98 bits per heavy atom. The third kappa shape index (κ3) is 7.87. The molecule has 6 N–H and O–H groups in total. The van der Waals surface area contributed by atoms with Crippen molar-refractivity contribution >= 4 is 44.4 Å². The van der Waals surface area contributed by atoms with Gasteiger partial charge in [0, 0.05) is 97.2 Å². The van der Waals surface area contributed by atoms with Crippen molar-refractivity contribution in [2.45, 2.75) is 108 Å². The molecule has 2 fully saturated rings. The van der Waals surface area contributed by atoms with Crippen LogP contribution in [0.2, 0.25) is 0 Å². The lowest BCUT2D eigenvalue weighted by atomic mass is 9.61. The number of nitrogens with one attached hydrogen (secondary N) is 2. The van der Waals surface area contributed by atoms with Crippen molar-refractivity contribution in [3.8, 4) is 5.75 Å². The maximum Gasteiger partial charge on any atom is 0.340 e. The molecule has 2 aliphatic carbocycles. The minimum absolute atomic E-state index is 0.0225. The lowest BCUT2D eigenvalue weighted by Gasteiger charge is -2.53. The number of ether oxygens (including phenoxy) is 2. The molecule has 4 aliphatic heterocycles. The highest BCUT2D eigenvalue weighted by Gasteiger charge is 2.64. The lowest BCUT2D eigenvalue weighted by Crippen LogP contribution is -2.65. The zero-order valence-corrected chi connectivity index (χ0v) is 37.6. The first-order valence-corrected chi connectivity index (χ1v) is 24.6. The number of hydrogen-bond donors (Lipinski definition) is 5. The molecule has 2 aromatic rings. The smallest absolute Gasteiger partial charge is 0.340 e. The van der Waals surface area contributed by atoms with Crippen molar-refractivity contribution < 1.29 is 33.7 Å². The predicted molar refractivity (Wildman–Crippen MR) is 241 cm³/mol. The fraction of sp³-hybridized carbons (Fsp3) is 0.596. The SMILES string of the molecule is CC=C(C)C(=O)OC1(C)CC=C2CSSCC3C(CNC)CN3C(=O)CC3=C(C=C(N)NC3)C2C12Cc1cc3cc(C4(C(CO)CCCO)CCCCC4)c(=O)oc3cc1O2. The summed E-state index contributed by atoms with van der Waals surface area (Å²) in [5.74, 6) is 1.97. The third-order valence-electron chi connectivity index (χ3n) is 14.8. The summed E-state index contributed by atoms with van der Waals surface area (Å²) in [7, 11) is 5.53. The van der Waals surface area contributed by atoms with E-state index in [9.17, 15) is 24.6 Å². The molecular formula is C47H62N4O8S2. The summed E-state index contributed by atoms with van der Waals surface area (Å²) in [6.07, 6.45) is 12.5. The highest BCUT2D eigenvalue weighted by Crippen LogP contribution is 2.58. The number of esters is 1. The molecule has 1 saturated heterocycles. The first-order valence-electron chi connectivity index (χ1n) is 22.1. The van der Waals surface area contributed by atoms with Crippen LogP contribution in [-0.4, -0.2) is 95.6 Å². The van der Waals surface area contributed by atoms with E-state index in [2.05, 4.69) is 22.8 Å². The second-order valence-corrected chi connectivity index (χ2v) is 20.8. The average Bonchev–Trinajstić information content (AvgIpc) is 3.62. The fourth-order valence-corrected chi connectivity index (χ4v) is 13.8. The molecule has 14 heteroatoms. The monoisotopic (exact) mass is 874 g/mol. The molecule has 6 atom stereocenters. The van der Waals surface area contributed by atoms with Crippen LogP contribution in [0.3, 0.4) is 0 Å². The van der Waals surface area contributed by atoms with E-state index in [1.807, 2.05) is 44.0 Å². The molecule has 1 amide bonds. The van der Waals surface area contributed by atoms with Gasteiger partial charge in [0.05, 0.1) is 18.2 Å². The fourth-order valence-electron chi connectivity index (χ4n) is 11.2. The van der Waals surface area contributed by atoms with E-state index in [0.29, 0.717) is 78.7 Å². The number of amides is 1. The minimum atomic E-state index is -1.18. The second-order valence-electron chi connectivity index (χ2n) is 18.3. The highest BCUT2D eigenvalue weighted by atomic mass is 33.1. The highest BCUT2D eigenvalue weighted by molar-refractivity contribution is 8.76. The topological polar surface area (TPSA) is 177 Å². The number of hydrogen-bond acceptors (Lipinski definition) is 13. The molecular weight excluding hydrogens is 813 g/mol. The van der Waals surface area contributed by atoms with Crippen molar-refractivity contribution in [3.63, 3.8) is 0 Å². The Kier molecular flexibility index (Phi) is 12.8. The number of nitrogens with two attached hydrogens (primary N) is 1. The predicted octanol–water partition coefficient (Wildman–Crippen LogP) is 5.80. The van der Waals surface area contributed by atoms with Crippen molar-refractivity contribution in [2.75, 3.05) is 51.4 Å². The van der Waals surface area contributed by atoms with E-state index in [1.54, 1.807) is 34.6 Å². The molecule has 8 rings (SSSR count). The number of dihydropyridines is 1. The van der Waals surface area contributed by atoms with Crippen molar-refractivity contribution in [1.82, 2.24) is 15.5 Å². The summed E-state index contributed by atoms with van der Waals surface area (Å²) in [5.41, 5.74) is 8.59. The van der Waals surface area contributed by atoms with Gasteiger partial charge in [-0.3, -0.25) is 4.79 Å². The van der Waals surface area contributed by atoms with Gasteiger partial charge in [-0.05, 0) is 94.3 Å². The Bertz CT molecular complexity index is 2230. The summed E-state index contributed by atoms with van der Waals surface area (Å²) in [6, 6.07) is 5.99. The van der Waals surface area contributed by atoms with Gasteiger partial charge in [0.1, 0.15) is 11.3 Å². The van der Waals surface area contributed by atoms with Gasteiger partial charge in [-0.1, -0.05) is 58.6 Å². The summed E-state index contributed by atoms with van der Waals surface area (Å²) in [4.78, 5) is 44.3. The standard InChI is InChI=1S/C47H62N4O8S2/c1-5-28(2)43(55)59-45(3)14-11-29-26-60-61-27-37-33(22-49-4)24-51(37)41(54)18-32-23-50-40(48)19-35(32)42(29)47(45)21-31-16-30-17-36(44(56)57-38(30)20-39(31)58-47)46(12-7-6-8-13-46)34(25-53)10-9-15-52/h5,11,16-17,19-20,33-34,37,42,49-50,52-53H,6-10,12-15,18,21-27,48H2,1-4H3. The molecule has 6 aliphatic rings. The van der Waals surface area contributed by atoms with Gasteiger partial charge in [0.2, 0.25) is 5.91 Å². The molecule has 0 bridgehead atoms. The van der Waals surface area contributed by atoms with Crippen LogP contribution in [0, 0.1) is 17.8 Å². The number of benzene rings is 1. The van der Waals surface area contributed by atoms with E-state index in [0.717, 1.165) is 72.1 Å². The molecule has 1 spiro atoms. The second kappa shape index (κ2) is 17.8. The Balaban J connectivity index is 1.27. The number of carbonyl (C=O) groups excluding carboxylic acids is 2. The zero-order chi connectivity index (χ0) is 43.1. The van der Waals surface area contributed by atoms with E-state index >= 15 is 0 Å². The zero-order valence-electron chi connectivity index (χ0n) is 36.0. The Labute approximate surface area is 366 Å². The number of carbonyl (C=O) groups is 2. The van der Waals surface area contributed by atoms with Crippen LogP contribution < -0.4 is 26.7 Å². The summed E-state index contributed by atoms with van der Waals surface area (Å²) in [5, 5.41) is 27.8. The first kappa shape index (κ1) is 43.9. The maximum atomic E-state index is 14.2. The van der Waals surface area contributed by atoms with Crippen molar-refractivity contribution in [3.05, 3.63) is 86.1 Å². The average molecular weight is 875 g/mol. The van der Waals surface area contributed by atoms with E-state index in [-0.39, 0.29) is 37.5 Å². The van der Waals surface area contributed by atoms with Crippen LogP contribution in [0.5, 0.6) is 5.75 Å². The van der Waals surface area contributed by atoms with Gasteiger partial charge < -0.3 is 45.4 Å². The molecule has 12 nitrogen and oxygen atoms in total. The number of aliphatic hydroxyl groups excluding tert-OH is 2. The molecule has 330 valence electrons. The minimum Gasteiger partial charge on any atom is -0.481 e.